The molecule has 52 heteroatoms. The highest BCUT2D eigenvalue weighted by molar-refractivity contribution is 7.95. The van der Waals surface area contributed by atoms with E-state index in [1.807, 2.05) is 0 Å². The average Bonchev–Trinajstić information content (AvgIpc) is 3.06. The molecule has 0 saturated carbocycles. The Balaban J connectivity index is 10.3. The van der Waals surface area contributed by atoms with Gasteiger partial charge in [0.2, 0.25) is 0 Å². The van der Waals surface area contributed by atoms with E-state index >= 15 is 22.0 Å². The Morgan fingerprint density at radius 1 is 0.264 bits per heavy atom. The predicted octanol–water partition coefficient (Wildman–Crippen LogP) is 12.6. The van der Waals surface area contributed by atoms with E-state index in [1.54, 1.807) is 0 Å². The van der Waals surface area contributed by atoms with Gasteiger partial charge in [-0.2, -0.15) is 194 Å². The van der Waals surface area contributed by atoms with Crippen molar-refractivity contribution >= 4 is 18.6 Å². The zero-order valence-corrected chi connectivity index (χ0v) is 31.9. The average molecular weight is 1230 g/mol. The minimum atomic E-state index is -13.6. The van der Waals surface area contributed by atoms with Crippen LogP contribution in [0.15, 0.2) is 0 Å². The predicted molar refractivity (Wildman–Crippen MR) is 124 cm³/mol. The van der Waals surface area contributed by atoms with Crippen molar-refractivity contribution in [2.75, 3.05) is 0 Å². The maximum Gasteiger partial charge on any atom is 0.577 e. The largest absolute Gasteiger partial charge is 0.577 e. The molecule has 0 aliphatic heterocycles. The molecule has 0 radical (unpaired) electrons. The van der Waals surface area contributed by atoms with E-state index in [9.17, 15) is 180 Å². The lowest BCUT2D eigenvalue weighted by atomic mass is 9.91. The van der Waals surface area contributed by atoms with Crippen LogP contribution >= 0.6 is 0 Å². The Labute approximate surface area is 358 Å². The third-order valence-corrected chi connectivity index (χ3v) is 13.6. The number of sulfone groups is 1. The van der Waals surface area contributed by atoms with Gasteiger partial charge in [-0.3, -0.25) is 0 Å². The topological polar surface area (TPSA) is 73.9 Å². The fraction of sp³-hybridized carbons (Fsp3) is 1.00. The highest BCUT2D eigenvalue weighted by atomic mass is 32.2. The van der Waals surface area contributed by atoms with Gasteiger partial charge in [-0.05, 0) is 0 Å². The smallest absolute Gasteiger partial charge is 0.303 e. The first-order valence-electron chi connectivity index (χ1n) is 14.5. The highest BCUT2D eigenvalue weighted by Crippen LogP contribution is 2.68. The fourth-order valence-corrected chi connectivity index (χ4v) is 9.47. The molecule has 6 nitrogen and oxygen atoms in total. The number of alkyl halides is 44. The molecule has 0 bridgehead atoms. The molecule has 0 amide bonds. The Morgan fingerprint density at radius 3 is 0.694 bits per heavy atom. The lowest BCUT2D eigenvalue weighted by Crippen LogP contribution is -2.85. The van der Waals surface area contributed by atoms with Crippen LogP contribution in [0.1, 0.15) is 0 Å². The van der Waals surface area contributed by atoms with Gasteiger partial charge < -0.3 is 13.3 Å². The standard InChI is InChI=1S/C20HF44NO5SSi/c21-1(22,3(25,26)5(29,30)9(37,38)39)2(23,24)4(27,28)6(31,32)19(62,63)71(66,67)20(64,8(35,36)15(54,55)65-14(52,53)7(33,34)10(40,41)42)72(68-16(56,57)11(43,44)45,69-17(58,59)12(46,47)48)70-18(60,61)13(49,50)51/h65H. The first-order chi connectivity index (χ1) is 30.1. The molecule has 1 atom stereocenters. The van der Waals surface area contributed by atoms with Gasteiger partial charge in [0, 0.05) is 0 Å². The van der Waals surface area contributed by atoms with E-state index in [0.717, 1.165) is 0 Å². The Hall–Kier alpha value is -3.07. The summed E-state index contributed by atoms with van der Waals surface area (Å²) in [6.07, 6.45) is -73.8. The normalized spacial score (nSPS) is 17.9. The number of hydrogen-bond donors (Lipinski definition) is 1. The van der Waals surface area contributed by atoms with E-state index in [2.05, 4.69) is 0 Å². The van der Waals surface area contributed by atoms with Gasteiger partial charge in [-0.15, -0.1) is 0 Å². The maximum absolute atomic E-state index is 16.8. The molecule has 0 aromatic heterocycles. The summed E-state index contributed by atoms with van der Waals surface area (Å²) >= 11 is 0. The zero-order valence-electron chi connectivity index (χ0n) is 30.1. The molecule has 0 fully saturated rings. The van der Waals surface area contributed by atoms with Crippen molar-refractivity contribution in [2.45, 2.75) is 119 Å². The van der Waals surface area contributed by atoms with Crippen LogP contribution in [0.4, 0.5) is 193 Å². The lowest BCUT2D eigenvalue weighted by molar-refractivity contribution is -0.458. The molecule has 0 saturated heterocycles. The lowest BCUT2D eigenvalue weighted by Gasteiger charge is -2.49. The van der Waals surface area contributed by atoms with Crippen molar-refractivity contribution in [1.82, 2.24) is 5.32 Å². The van der Waals surface area contributed by atoms with Gasteiger partial charge in [-0.25, -0.2) is 12.8 Å². The Bertz CT molecular complexity index is 1990. The second-order valence-corrected chi connectivity index (χ2v) is 17.2. The van der Waals surface area contributed by atoms with Crippen LogP contribution in [0.2, 0.25) is 0 Å². The summed E-state index contributed by atoms with van der Waals surface area (Å²) in [5.41, 5.74) is 0. The molecule has 1 unspecified atom stereocenters. The second kappa shape index (κ2) is 17.2. The Morgan fingerprint density at radius 2 is 0.472 bits per heavy atom. The van der Waals surface area contributed by atoms with Crippen molar-refractivity contribution < 1.29 is 215 Å². The van der Waals surface area contributed by atoms with Gasteiger partial charge >= 0.3 is 127 Å². The van der Waals surface area contributed by atoms with Gasteiger partial charge in [0.25, 0.3) is 9.84 Å². The van der Waals surface area contributed by atoms with Crippen LogP contribution in [0.5, 0.6) is 0 Å². The third kappa shape index (κ3) is 9.62. The molecule has 0 rings (SSSR count). The molecule has 72 heavy (non-hydrogen) atoms. The van der Waals surface area contributed by atoms with Crippen molar-refractivity contribution in [3.05, 3.63) is 0 Å². The zero-order chi connectivity index (χ0) is 59.8. The van der Waals surface area contributed by atoms with E-state index in [1.165, 1.54) is 0 Å². The van der Waals surface area contributed by atoms with Crippen LogP contribution in [0.3, 0.4) is 0 Å². The molecule has 0 aliphatic carbocycles. The summed E-state index contributed by atoms with van der Waals surface area (Å²) in [6.45, 7) is 0. The molecule has 0 aromatic rings. The summed E-state index contributed by atoms with van der Waals surface area (Å²) in [5.74, 6) is -82.4. The quantitative estimate of drug-likeness (QED) is 0.0744. The number of hydrogen-bond acceptors (Lipinski definition) is 6. The fourth-order valence-electron chi connectivity index (χ4n) is 3.69. The van der Waals surface area contributed by atoms with Crippen molar-refractivity contribution in [2.24, 2.45) is 0 Å². The highest BCUT2D eigenvalue weighted by Gasteiger charge is 3.02. The van der Waals surface area contributed by atoms with Crippen LogP contribution in [-0.2, 0) is 23.1 Å². The first kappa shape index (κ1) is 68.9. The van der Waals surface area contributed by atoms with Gasteiger partial charge in [0.05, 0.1) is 0 Å². The van der Waals surface area contributed by atoms with E-state index in [0.29, 0.717) is 13.3 Å². The van der Waals surface area contributed by atoms with Gasteiger partial charge in [0.15, 0.2) is 0 Å². The molecule has 0 aromatic carbocycles. The van der Waals surface area contributed by atoms with Crippen LogP contribution in [0.25, 0.3) is 0 Å². The molecule has 0 spiro atoms. The molecular formula is C20HF44NO5SSi. The van der Waals surface area contributed by atoms with Crippen LogP contribution < -0.4 is 5.32 Å². The number of halogens is 44. The summed E-state index contributed by atoms with van der Waals surface area (Å²) in [6, 6.07) is -19.4. The summed E-state index contributed by atoms with van der Waals surface area (Å²) in [5, 5.41) is -14.4. The molecule has 0 aliphatic rings. The third-order valence-electron chi connectivity index (χ3n) is 7.44. The van der Waals surface area contributed by atoms with Gasteiger partial charge in [0.1, 0.15) is 0 Å². The Kier molecular flexibility index (Phi) is 16.5. The SMILES string of the molecule is O=S(=O)(C(F)(F)C(F)(F)C(F)(F)C(F)(F)C(F)(F)C(F)(F)C(F)(F)C(F)(F)F)C(F)(C(F)(F)C(F)(F)NC(F)(F)C(F)(F)C(F)(F)F)[Si](OC(F)(F)C(F)(F)F)(OC(F)(F)C(F)(F)F)OC(F)(F)C(F)(F)F. The van der Waals surface area contributed by atoms with E-state index < -0.39 is 143 Å². The van der Waals surface area contributed by atoms with E-state index in [4.69, 9.17) is 0 Å². The van der Waals surface area contributed by atoms with Crippen molar-refractivity contribution in [3.63, 3.8) is 0 Å². The monoisotopic (exact) mass is 1230 g/mol. The summed E-state index contributed by atoms with van der Waals surface area (Å²) in [7, 11) is -26.4. The van der Waals surface area contributed by atoms with Crippen molar-refractivity contribution in [1.29, 1.82) is 0 Å². The van der Waals surface area contributed by atoms with Crippen LogP contribution in [-0.4, -0.2) is 136 Å². The number of nitrogens with one attached hydrogen (secondary N) is 1. The minimum Gasteiger partial charge on any atom is -0.303 e. The molecular weight excluding hydrogens is 1230 g/mol. The minimum absolute atomic E-state index is 0.708. The maximum atomic E-state index is 16.8. The second-order valence-electron chi connectivity index (χ2n) is 12.4. The molecule has 1 N–H and O–H groups in total. The number of rotatable bonds is 20. The molecule has 434 valence electrons. The first-order valence-corrected chi connectivity index (χ1v) is 17.7. The van der Waals surface area contributed by atoms with Crippen LogP contribution in [0, 0.1) is 0 Å². The van der Waals surface area contributed by atoms with Gasteiger partial charge in [-0.1, -0.05) is 0 Å². The summed E-state index contributed by atoms with van der Waals surface area (Å²) < 4.78 is 622. The summed E-state index contributed by atoms with van der Waals surface area (Å²) in [4.78, 5) is 0. The van der Waals surface area contributed by atoms with E-state index in [-0.39, 0.29) is 0 Å². The van der Waals surface area contributed by atoms with Crippen molar-refractivity contribution in [3.8, 4) is 0 Å². The molecule has 0 heterocycles.